The summed E-state index contributed by atoms with van der Waals surface area (Å²) < 4.78 is 10.6. The molecule has 0 unspecified atom stereocenters. The van der Waals surface area contributed by atoms with Crippen molar-refractivity contribution in [3.05, 3.63) is 23.5 Å². The number of carbonyl (C=O) groups excluding carboxylic acids is 4. The zero-order valence-corrected chi connectivity index (χ0v) is 24.4. The highest BCUT2D eigenvalue weighted by atomic mass is 32.1. The average Bonchev–Trinajstić information content (AvgIpc) is 3.47. The van der Waals surface area contributed by atoms with Crippen molar-refractivity contribution in [1.29, 1.82) is 0 Å². The Morgan fingerprint density at radius 3 is 2.25 bits per heavy atom. The summed E-state index contributed by atoms with van der Waals surface area (Å²) >= 11 is 1.01. The van der Waals surface area contributed by atoms with Crippen LogP contribution in [0.4, 0.5) is 9.93 Å². The minimum atomic E-state index is -1.57. The van der Waals surface area contributed by atoms with Gasteiger partial charge in [0.15, 0.2) is 10.8 Å². The number of oxime groups is 1. The maximum Gasteiger partial charge on any atom is 0.413 e. The molecule has 0 aliphatic carbocycles. The molecule has 2 aromatic heterocycles. The van der Waals surface area contributed by atoms with Gasteiger partial charge in [0, 0.05) is 5.38 Å². The van der Waals surface area contributed by atoms with E-state index in [0.717, 1.165) is 11.3 Å². The number of nitrogens with zero attached hydrogens (tertiary/aromatic N) is 5. The van der Waals surface area contributed by atoms with Crippen LogP contribution in [0.15, 0.2) is 22.9 Å². The van der Waals surface area contributed by atoms with Crippen LogP contribution < -0.4 is 16.0 Å². The summed E-state index contributed by atoms with van der Waals surface area (Å²) in [6.07, 6.45) is 2.25. The summed E-state index contributed by atoms with van der Waals surface area (Å²) in [5, 5.41) is 21.3. The lowest BCUT2D eigenvalue weighted by Crippen LogP contribution is -2.70. The highest BCUT2D eigenvalue weighted by Gasteiger charge is 2.42. The molecule has 218 valence electrons. The monoisotopic (exact) mass is 578 g/mol. The lowest BCUT2D eigenvalue weighted by molar-refractivity contribution is -0.179. The third-order valence-electron chi connectivity index (χ3n) is 4.95. The quantitative estimate of drug-likeness (QED) is 0.171. The van der Waals surface area contributed by atoms with Crippen molar-refractivity contribution in [1.82, 2.24) is 30.6 Å². The van der Waals surface area contributed by atoms with E-state index >= 15 is 0 Å². The second-order valence-electron chi connectivity index (χ2n) is 11.4. The smallest absolute Gasteiger partial charge is 0.413 e. The van der Waals surface area contributed by atoms with E-state index in [9.17, 15) is 19.2 Å². The molecule has 2 atom stereocenters. The molecule has 2 aromatic rings. The lowest BCUT2D eigenvalue weighted by Gasteiger charge is -2.36. The van der Waals surface area contributed by atoms with Crippen LogP contribution in [0.3, 0.4) is 0 Å². The van der Waals surface area contributed by atoms with Gasteiger partial charge in [0.25, 0.3) is 5.91 Å². The first kappa shape index (κ1) is 30.5. The fourth-order valence-corrected chi connectivity index (χ4v) is 3.80. The first-order chi connectivity index (χ1) is 18.4. The van der Waals surface area contributed by atoms with E-state index < -0.39 is 52.8 Å². The number of β-lactam (4-membered cyclic amide) rings is 1. The van der Waals surface area contributed by atoms with Gasteiger partial charge in [-0.2, -0.15) is 15.0 Å². The minimum absolute atomic E-state index is 0.0265. The van der Waals surface area contributed by atoms with Crippen molar-refractivity contribution in [2.75, 3.05) is 5.32 Å². The maximum atomic E-state index is 13.4. The number of hydrogen-bond donors (Lipinski definition) is 3. The number of hydrogen-bond acceptors (Lipinski definition) is 12. The van der Waals surface area contributed by atoms with Crippen LogP contribution in [0.1, 0.15) is 61.1 Å². The molecule has 40 heavy (non-hydrogen) atoms. The SMILES string of the molecule is CC(C)(C)OC(=O)Nc1nc(/C(=N/OC(C)(C)C(=O)OC(C)(C)C)C(=O)N[C@@H]2C(=O)N[C@@H]2Cn2nccn2)cs1. The summed E-state index contributed by atoms with van der Waals surface area (Å²) in [6.45, 7) is 13.3. The minimum Gasteiger partial charge on any atom is -0.457 e. The van der Waals surface area contributed by atoms with Crippen LogP contribution in [-0.2, 0) is 35.2 Å². The van der Waals surface area contributed by atoms with Crippen LogP contribution >= 0.6 is 11.3 Å². The van der Waals surface area contributed by atoms with E-state index in [1.165, 1.54) is 36.4 Å². The van der Waals surface area contributed by atoms with E-state index in [-0.39, 0.29) is 23.1 Å². The van der Waals surface area contributed by atoms with Gasteiger partial charge in [0.05, 0.1) is 25.0 Å². The number of carbonyl (C=O) groups is 4. The van der Waals surface area contributed by atoms with Crippen molar-refractivity contribution in [2.45, 2.75) is 90.8 Å². The molecule has 1 saturated heterocycles. The molecule has 0 spiro atoms. The Morgan fingerprint density at radius 1 is 1.05 bits per heavy atom. The summed E-state index contributed by atoms with van der Waals surface area (Å²) in [5.74, 6) is -1.92. The van der Waals surface area contributed by atoms with E-state index in [0.29, 0.717) is 0 Å². The molecule has 3 N–H and O–H groups in total. The Bertz CT molecular complexity index is 1270. The molecule has 0 bridgehead atoms. The second-order valence-corrected chi connectivity index (χ2v) is 12.2. The van der Waals surface area contributed by atoms with Crippen LogP contribution in [0, 0.1) is 0 Å². The zero-order chi connectivity index (χ0) is 29.9. The predicted octanol–water partition coefficient (Wildman–Crippen LogP) is 1.61. The molecule has 3 heterocycles. The molecule has 0 aromatic carbocycles. The molecule has 1 aliphatic rings. The van der Waals surface area contributed by atoms with Crippen LogP contribution in [-0.4, -0.2) is 78.5 Å². The number of rotatable bonds is 9. The normalized spacial score (nSPS) is 17.8. The first-order valence-corrected chi connectivity index (χ1v) is 13.2. The van der Waals surface area contributed by atoms with E-state index in [1.54, 1.807) is 41.5 Å². The second kappa shape index (κ2) is 11.6. The third kappa shape index (κ3) is 8.46. The molecule has 15 nitrogen and oxygen atoms in total. The number of thiazole rings is 1. The van der Waals surface area contributed by atoms with Crippen molar-refractivity contribution in [3.63, 3.8) is 0 Å². The van der Waals surface area contributed by atoms with Crippen molar-refractivity contribution in [3.8, 4) is 0 Å². The number of anilines is 1. The van der Waals surface area contributed by atoms with Gasteiger partial charge in [-0.25, -0.2) is 14.6 Å². The number of aromatic nitrogens is 4. The van der Waals surface area contributed by atoms with E-state index in [2.05, 4.69) is 36.3 Å². The number of nitrogens with one attached hydrogen (secondary N) is 3. The standard InChI is InChI=1S/C24H34N8O7S/c1-22(2,3)37-19(35)24(7,8)39-31-16(14-12-40-20(28-14)30-21(36)38-23(4,5)6)18(34)29-15-13(27-17(15)33)11-32-25-9-10-26-32/h9-10,12-13,15H,11H2,1-8H3,(H,27,33)(H,29,34)(H,28,30,36)/b31-16-/t13-,15+/m1/s1. The van der Waals surface area contributed by atoms with Crippen LogP contribution in [0.25, 0.3) is 0 Å². The van der Waals surface area contributed by atoms with Gasteiger partial charge in [-0.3, -0.25) is 14.9 Å². The molecule has 0 radical (unpaired) electrons. The molecular weight excluding hydrogens is 544 g/mol. The summed E-state index contributed by atoms with van der Waals surface area (Å²) in [4.78, 5) is 61.6. The molecule has 3 amide bonds. The summed E-state index contributed by atoms with van der Waals surface area (Å²) in [6, 6.07) is -1.40. The fraction of sp³-hybridized carbons (Fsp3) is 0.583. The van der Waals surface area contributed by atoms with Crippen molar-refractivity contribution in [2.24, 2.45) is 5.16 Å². The Kier molecular flexibility index (Phi) is 8.81. The number of esters is 1. The predicted molar refractivity (Wildman–Crippen MR) is 143 cm³/mol. The first-order valence-electron chi connectivity index (χ1n) is 12.3. The van der Waals surface area contributed by atoms with Crippen molar-refractivity contribution < 1.29 is 33.5 Å². The van der Waals surface area contributed by atoms with Gasteiger partial charge in [-0.05, 0) is 55.4 Å². The van der Waals surface area contributed by atoms with Gasteiger partial charge in [0.1, 0.15) is 22.9 Å². The largest absolute Gasteiger partial charge is 0.457 e. The van der Waals surface area contributed by atoms with Crippen LogP contribution in [0.2, 0.25) is 0 Å². The highest BCUT2D eigenvalue weighted by Crippen LogP contribution is 2.21. The lowest BCUT2D eigenvalue weighted by atomic mass is 9.98. The fourth-order valence-electron chi connectivity index (χ4n) is 3.12. The van der Waals surface area contributed by atoms with Gasteiger partial charge >= 0.3 is 12.1 Å². The van der Waals surface area contributed by atoms with Gasteiger partial charge in [0.2, 0.25) is 11.5 Å². The van der Waals surface area contributed by atoms with Gasteiger partial charge in [-0.15, -0.1) is 11.3 Å². The Balaban J connectivity index is 1.83. The number of amides is 3. The third-order valence-corrected chi connectivity index (χ3v) is 5.71. The molecule has 1 fully saturated rings. The molecule has 1 aliphatic heterocycles. The molecule has 3 rings (SSSR count). The Morgan fingerprint density at radius 2 is 1.68 bits per heavy atom. The Hall–Kier alpha value is -4.08. The Labute approximate surface area is 235 Å². The van der Waals surface area contributed by atoms with Crippen LogP contribution in [0.5, 0.6) is 0 Å². The molecule has 16 heteroatoms. The van der Waals surface area contributed by atoms with Gasteiger partial charge in [-0.1, -0.05) is 5.16 Å². The molecular formula is C24H34N8O7S. The van der Waals surface area contributed by atoms with E-state index in [1.807, 2.05) is 0 Å². The number of ether oxygens (including phenoxy) is 2. The van der Waals surface area contributed by atoms with E-state index in [4.69, 9.17) is 14.3 Å². The maximum absolute atomic E-state index is 13.4. The van der Waals surface area contributed by atoms with Gasteiger partial charge < -0.3 is 24.9 Å². The summed E-state index contributed by atoms with van der Waals surface area (Å²) in [7, 11) is 0. The topological polar surface area (TPSA) is 188 Å². The van der Waals surface area contributed by atoms with Crippen molar-refractivity contribution >= 4 is 46.1 Å². The molecule has 0 saturated carbocycles. The average molecular weight is 579 g/mol. The highest BCUT2D eigenvalue weighted by molar-refractivity contribution is 7.14. The summed E-state index contributed by atoms with van der Waals surface area (Å²) in [5.41, 5.74) is -3.40. The zero-order valence-electron chi connectivity index (χ0n) is 23.6.